The molecular formula is C9H10BrN3O2S2. The minimum atomic E-state index is -3.45. The fourth-order valence-electron chi connectivity index (χ4n) is 1.19. The van der Waals surface area contributed by atoms with Crippen molar-refractivity contribution in [3.63, 3.8) is 0 Å². The summed E-state index contributed by atoms with van der Waals surface area (Å²) < 4.78 is 27.5. The van der Waals surface area contributed by atoms with Crippen LogP contribution in [0.15, 0.2) is 26.3 Å². The molecule has 8 heteroatoms. The summed E-state index contributed by atoms with van der Waals surface area (Å²) in [7, 11) is -3.45. The molecule has 0 aliphatic carbocycles. The number of nitrogens with one attached hydrogen (secondary N) is 2. The normalized spacial score (nSPS) is 11.9. The molecule has 0 bridgehead atoms. The number of H-pyrrole nitrogens is 1. The summed E-state index contributed by atoms with van der Waals surface area (Å²) >= 11 is 4.51. The number of aromatic amines is 1. The Morgan fingerprint density at radius 2 is 2.35 bits per heavy atom. The van der Waals surface area contributed by atoms with Crippen LogP contribution in [0.4, 0.5) is 0 Å². The molecule has 0 atom stereocenters. The molecule has 0 fully saturated rings. The van der Waals surface area contributed by atoms with E-state index in [0.29, 0.717) is 4.21 Å². The molecule has 0 aromatic carbocycles. The van der Waals surface area contributed by atoms with E-state index >= 15 is 0 Å². The zero-order valence-electron chi connectivity index (χ0n) is 8.90. The van der Waals surface area contributed by atoms with E-state index in [1.54, 1.807) is 18.3 Å². The average Bonchev–Trinajstić information content (AvgIpc) is 2.87. The summed E-state index contributed by atoms with van der Waals surface area (Å²) in [6.07, 6.45) is 1.58. The van der Waals surface area contributed by atoms with Crippen LogP contribution in [0.2, 0.25) is 0 Å². The van der Waals surface area contributed by atoms with Crippen LogP contribution in [-0.4, -0.2) is 18.6 Å². The highest BCUT2D eigenvalue weighted by molar-refractivity contribution is 9.11. The van der Waals surface area contributed by atoms with E-state index in [4.69, 9.17) is 0 Å². The van der Waals surface area contributed by atoms with Gasteiger partial charge in [0, 0.05) is 6.20 Å². The lowest BCUT2D eigenvalue weighted by molar-refractivity contribution is 0.582. The third-order valence-corrected chi connectivity index (χ3v) is 6.12. The first-order valence-corrected chi connectivity index (χ1v) is 7.82. The van der Waals surface area contributed by atoms with E-state index in [1.165, 1.54) is 11.3 Å². The molecule has 0 radical (unpaired) electrons. The van der Waals surface area contributed by atoms with Gasteiger partial charge in [-0.05, 0) is 40.5 Å². The maximum Gasteiger partial charge on any atom is 0.250 e. The Balaban J connectivity index is 2.14. The van der Waals surface area contributed by atoms with E-state index in [1.807, 2.05) is 6.92 Å². The lowest BCUT2D eigenvalue weighted by Gasteiger charge is -2.02. The molecule has 2 N–H and O–H groups in total. The summed E-state index contributed by atoms with van der Waals surface area (Å²) in [6.45, 7) is 2.06. The zero-order chi connectivity index (χ0) is 12.5. The number of sulfonamides is 1. The quantitative estimate of drug-likeness (QED) is 0.897. The first-order valence-electron chi connectivity index (χ1n) is 4.73. The van der Waals surface area contributed by atoms with Crippen LogP contribution >= 0.6 is 27.3 Å². The first-order chi connectivity index (χ1) is 7.99. The van der Waals surface area contributed by atoms with Gasteiger partial charge in [0.25, 0.3) is 0 Å². The average molecular weight is 336 g/mol. The third kappa shape index (κ3) is 2.95. The van der Waals surface area contributed by atoms with Crippen molar-refractivity contribution in [3.05, 3.63) is 33.4 Å². The summed E-state index contributed by atoms with van der Waals surface area (Å²) in [5.74, 6) is 0. The highest BCUT2D eigenvalue weighted by Gasteiger charge is 2.17. The van der Waals surface area contributed by atoms with Crippen molar-refractivity contribution in [1.82, 2.24) is 14.9 Å². The Kier molecular flexibility index (Phi) is 3.67. The van der Waals surface area contributed by atoms with Gasteiger partial charge in [-0.15, -0.1) is 11.3 Å². The lowest BCUT2D eigenvalue weighted by atomic mass is 10.4. The van der Waals surface area contributed by atoms with Crippen molar-refractivity contribution in [2.24, 2.45) is 0 Å². The molecule has 2 heterocycles. The van der Waals surface area contributed by atoms with Gasteiger partial charge in [0.05, 0.1) is 16.0 Å². The molecule has 0 aliphatic heterocycles. The Bertz CT molecular complexity index is 585. The van der Waals surface area contributed by atoms with Crippen LogP contribution < -0.4 is 4.72 Å². The zero-order valence-corrected chi connectivity index (χ0v) is 12.1. The largest absolute Gasteiger partial charge is 0.281 e. The number of aromatic nitrogens is 2. The van der Waals surface area contributed by atoms with Crippen LogP contribution in [0.1, 0.15) is 11.3 Å². The van der Waals surface area contributed by atoms with Crippen LogP contribution in [-0.2, 0) is 16.6 Å². The van der Waals surface area contributed by atoms with Crippen molar-refractivity contribution >= 4 is 37.3 Å². The lowest BCUT2D eigenvalue weighted by Crippen LogP contribution is -2.22. The van der Waals surface area contributed by atoms with Crippen molar-refractivity contribution in [2.45, 2.75) is 17.7 Å². The number of thiophene rings is 1. The molecular weight excluding hydrogens is 326 g/mol. The maximum atomic E-state index is 11.9. The number of halogens is 1. The second-order valence-corrected chi connectivity index (χ2v) is 7.79. The van der Waals surface area contributed by atoms with Gasteiger partial charge < -0.3 is 0 Å². The predicted molar refractivity (Wildman–Crippen MR) is 69.4 cm³/mol. The van der Waals surface area contributed by atoms with Gasteiger partial charge in [-0.3, -0.25) is 5.10 Å². The number of rotatable bonds is 4. The highest BCUT2D eigenvalue weighted by atomic mass is 79.9. The second-order valence-electron chi connectivity index (χ2n) is 3.43. The Morgan fingerprint density at radius 3 is 2.88 bits per heavy atom. The van der Waals surface area contributed by atoms with Crippen molar-refractivity contribution in [2.75, 3.05) is 0 Å². The fourth-order valence-corrected chi connectivity index (χ4v) is 4.47. The molecule has 92 valence electrons. The van der Waals surface area contributed by atoms with Gasteiger partial charge in [-0.25, -0.2) is 13.1 Å². The number of nitrogens with zero attached hydrogens (tertiary/aromatic N) is 1. The minimum absolute atomic E-state index is 0.205. The highest BCUT2D eigenvalue weighted by Crippen LogP contribution is 2.30. The van der Waals surface area contributed by atoms with Crippen LogP contribution in [0.5, 0.6) is 0 Å². The molecule has 2 aromatic heterocycles. The molecule has 0 aliphatic rings. The molecule has 2 rings (SSSR count). The summed E-state index contributed by atoms with van der Waals surface area (Å²) in [6, 6.07) is 3.36. The standard InChI is InChI=1S/C9H10BrN3O2S2/c1-6-4-8(16-9(6)10)17(14,15)12-5-7-2-3-11-13-7/h2-4,12H,5H2,1H3,(H,11,13). The van der Waals surface area contributed by atoms with E-state index in [-0.39, 0.29) is 6.54 Å². The van der Waals surface area contributed by atoms with Crippen molar-refractivity contribution in [3.8, 4) is 0 Å². The molecule has 2 aromatic rings. The van der Waals surface area contributed by atoms with E-state index in [0.717, 1.165) is 15.0 Å². The molecule has 0 unspecified atom stereocenters. The van der Waals surface area contributed by atoms with Crippen LogP contribution in [0, 0.1) is 6.92 Å². The van der Waals surface area contributed by atoms with Gasteiger partial charge in [-0.2, -0.15) is 5.10 Å². The number of hydrogen-bond donors (Lipinski definition) is 2. The van der Waals surface area contributed by atoms with Gasteiger partial charge in [0.1, 0.15) is 4.21 Å². The fraction of sp³-hybridized carbons (Fsp3) is 0.222. The van der Waals surface area contributed by atoms with Gasteiger partial charge in [0.2, 0.25) is 10.0 Å². The Morgan fingerprint density at radius 1 is 1.59 bits per heavy atom. The van der Waals surface area contributed by atoms with Crippen LogP contribution in [0.25, 0.3) is 0 Å². The smallest absolute Gasteiger partial charge is 0.250 e. The Labute approximate surface area is 111 Å². The van der Waals surface area contributed by atoms with E-state index < -0.39 is 10.0 Å². The van der Waals surface area contributed by atoms with Crippen molar-refractivity contribution < 1.29 is 8.42 Å². The van der Waals surface area contributed by atoms with E-state index in [9.17, 15) is 8.42 Å². The SMILES string of the molecule is Cc1cc(S(=O)(=O)NCc2ccn[nH]2)sc1Br. The van der Waals surface area contributed by atoms with E-state index in [2.05, 4.69) is 30.8 Å². The maximum absolute atomic E-state index is 11.9. The topological polar surface area (TPSA) is 74.8 Å². The molecule has 0 spiro atoms. The summed E-state index contributed by atoms with van der Waals surface area (Å²) in [5, 5.41) is 6.44. The van der Waals surface area contributed by atoms with Crippen molar-refractivity contribution in [1.29, 1.82) is 0 Å². The summed E-state index contributed by atoms with van der Waals surface area (Å²) in [5.41, 5.74) is 1.64. The molecule has 17 heavy (non-hydrogen) atoms. The molecule has 0 amide bonds. The minimum Gasteiger partial charge on any atom is -0.281 e. The molecule has 0 saturated heterocycles. The number of aryl methyl sites for hydroxylation is 1. The number of hydrogen-bond acceptors (Lipinski definition) is 4. The van der Waals surface area contributed by atoms with Crippen LogP contribution in [0.3, 0.4) is 0 Å². The van der Waals surface area contributed by atoms with Gasteiger partial charge in [0.15, 0.2) is 0 Å². The third-order valence-electron chi connectivity index (χ3n) is 2.11. The first kappa shape index (κ1) is 12.7. The second kappa shape index (κ2) is 4.89. The predicted octanol–water partition coefficient (Wildman–Crippen LogP) is 2.02. The molecule has 0 saturated carbocycles. The summed E-state index contributed by atoms with van der Waals surface area (Å²) in [4.78, 5) is 0. The monoisotopic (exact) mass is 335 g/mol. The molecule has 5 nitrogen and oxygen atoms in total. The van der Waals surface area contributed by atoms with Gasteiger partial charge in [-0.1, -0.05) is 0 Å². The Hall–Kier alpha value is -0.700. The van der Waals surface area contributed by atoms with Gasteiger partial charge >= 0.3 is 0 Å².